The number of benzene rings is 14. The standard InChI is InChI=1S/C47H31N5.C26H18N2.C21H14ClN3/c1-5-16-32(17-6-1)42-31-35-28-29-40-39-26-13-14-27-41(39)52(44(40)43(35)51(42)37-23-11-4-12-24-37)38-25-15-22-36(30-38)47-49-45(33-18-7-2-8-19-33)48-46(50-47)34-20-9-3-10-21-34;1-3-9-18(10-4-1)24-17-19-15-16-22-21-13-7-8-14-23(21)27-25(22)26(19)28(24)20-11-5-2-6-12-20;22-18-13-7-12-17(14-18)21-24-19(15-8-3-1-4-9-15)23-20(25-21)16-10-5-2-6-11-16/h1-31H;1-17,27H;1-14H. The first-order valence-corrected chi connectivity index (χ1v) is 35.3. The number of nitrogens with zero attached hydrogens (tertiary/aromatic N) is 9. The Morgan fingerprint density at radius 2 is 0.581 bits per heavy atom. The van der Waals surface area contributed by atoms with Crippen LogP contribution in [-0.2, 0) is 0 Å². The van der Waals surface area contributed by atoms with Crippen molar-refractivity contribution >= 4 is 77.0 Å². The zero-order chi connectivity index (χ0) is 70.0. The zero-order valence-electron chi connectivity index (χ0n) is 56.7. The zero-order valence-corrected chi connectivity index (χ0v) is 57.5. The van der Waals surface area contributed by atoms with Crippen LogP contribution in [-0.4, -0.2) is 48.6 Å². The average Bonchev–Trinajstić information content (AvgIpc) is 1.56. The van der Waals surface area contributed by atoms with Gasteiger partial charge >= 0.3 is 0 Å². The Labute approximate surface area is 610 Å². The highest BCUT2D eigenvalue weighted by molar-refractivity contribution is 6.30. The Morgan fingerprint density at radius 1 is 0.229 bits per heavy atom. The van der Waals surface area contributed by atoms with Crippen LogP contribution in [0.4, 0.5) is 0 Å². The fourth-order valence-corrected chi connectivity index (χ4v) is 14.4. The first kappa shape index (κ1) is 63.3. The quantitative estimate of drug-likeness (QED) is 0.138. The Bertz CT molecular complexity index is 6390. The van der Waals surface area contributed by atoms with Crippen LogP contribution in [0.25, 0.3) is 173 Å². The molecule has 0 radical (unpaired) electrons. The van der Waals surface area contributed by atoms with Crippen LogP contribution in [0, 0.1) is 0 Å². The second-order valence-corrected chi connectivity index (χ2v) is 26.1. The highest BCUT2D eigenvalue weighted by Gasteiger charge is 2.23. The Hall–Kier alpha value is -13.9. The number of fused-ring (bicyclic) bond motifs is 10. The normalized spacial score (nSPS) is 11.3. The molecule has 0 saturated carbocycles. The maximum Gasteiger partial charge on any atom is 0.164 e. The SMILES string of the molecule is Clc1cccc(-c2nc(-c3ccccc3)nc(-c3ccccc3)n2)c1.c1ccc(-c2cc3ccc4c5ccccc5[nH]c4c3n2-c2ccccc2)cc1.c1ccc(-c2nc(-c3ccccc3)nc(-c3cccc(-n4c5ccccc5c5ccc6cc(-c7ccccc7)n(-c7ccccc7)c6c54)c3)n2)cc1. The molecule has 0 amide bonds. The molecule has 0 aliphatic rings. The van der Waals surface area contributed by atoms with Gasteiger partial charge in [0.15, 0.2) is 34.9 Å². The highest BCUT2D eigenvalue weighted by atomic mass is 35.5. The van der Waals surface area contributed by atoms with E-state index in [0.29, 0.717) is 40.0 Å². The van der Waals surface area contributed by atoms with Gasteiger partial charge in [-0.3, -0.25) is 0 Å². The molecule has 0 aliphatic carbocycles. The van der Waals surface area contributed by atoms with Crippen LogP contribution in [0.1, 0.15) is 0 Å². The molecule has 0 aliphatic heterocycles. The largest absolute Gasteiger partial charge is 0.353 e. The lowest BCUT2D eigenvalue weighted by molar-refractivity contribution is 1.07. The molecule has 10 nitrogen and oxygen atoms in total. The molecule has 1 N–H and O–H groups in total. The van der Waals surface area contributed by atoms with Gasteiger partial charge < -0.3 is 18.7 Å². The summed E-state index contributed by atoms with van der Waals surface area (Å²) >= 11 is 6.14. The number of rotatable bonds is 11. The van der Waals surface area contributed by atoms with Crippen molar-refractivity contribution in [1.82, 2.24) is 48.6 Å². The van der Waals surface area contributed by atoms with E-state index in [1.54, 1.807) is 0 Å². The van der Waals surface area contributed by atoms with Crippen molar-refractivity contribution in [2.45, 2.75) is 0 Å². The minimum Gasteiger partial charge on any atom is -0.353 e. The topological polar surface area (TPSA) is 108 Å². The monoisotopic (exact) mass is 1370 g/mol. The molecular formula is C94H63ClN10. The third-order valence-electron chi connectivity index (χ3n) is 19.1. The predicted octanol–water partition coefficient (Wildman–Crippen LogP) is 24.0. The van der Waals surface area contributed by atoms with E-state index in [1.165, 1.54) is 71.4 Å². The van der Waals surface area contributed by atoms with Gasteiger partial charge in [-0.1, -0.05) is 315 Å². The smallest absolute Gasteiger partial charge is 0.164 e. The van der Waals surface area contributed by atoms with Crippen LogP contribution < -0.4 is 0 Å². The van der Waals surface area contributed by atoms with Crippen LogP contribution in [0.15, 0.2) is 376 Å². The number of halogens is 1. The molecule has 0 saturated heterocycles. The third-order valence-corrected chi connectivity index (χ3v) is 19.3. The van der Waals surface area contributed by atoms with Crippen LogP contribution >= 0.6 is 11.6 Å². The molecule has 0 unspecified atom stereocenters. The number of nitrogens with one attached hydrogen (secondary N) is 1. The molecule has 20 aromatic rings. The van der Waals surface area contributed by atoms with Crippen molar-refractivity contribution in [3.8, 4) is 108 Å². The summed E-state index contributed by atoms with van der Waals surface area (Å²) in [6.07, 6.45) is 0. The number of para-hydroxylation sites is 4. The number of H-pyrrole nitrogens is 1. The fraction of sp³-hybridized carbons (Fsp3) is 0. The minimum atomic E-state index is 0.607. The van der Waals surface area contributed by atoms with Crippen molar-refractivity contribution in [3.63, 3.8) is 0 Å². The van der Waals surface area contributed by atoms with E-state index in [2.05, 4.69) is 264 Å². The molecule has 496 valence electrons. The summed E-state index contributed by atoms with van der Waals surface area (Å²) in [4.78, 5) is 32.7. The lowest BCUT2D eigenvalue weighted by Crippen LogP contribution is -2.02. The maximum absolute atomic E-state index is 6.14. The van der Waals surface area contributed by atoms with E-state index in [9.17, 15) is 0 Å². The lowest BCUT2D eigenvalue weighted by Gasteiger charge is -2.15. The molecule has 105 heavy (non-hydrogen) atoms. The second kappa shape index (κ2) is 27.9. The van der Waals surface area contributed by atoms with E-state index in [-0.39, 0.29) is 0 Å². The van der Waals surface area contributed by atoms with Crippen molar-refractivity contribution in [2.24, 2.45) is 0 Å². The molecule has 0 fully saturated rings. The van der Waals surface area contributed by atoms with Gasteiger partial charge in [-0.25, -0.2) is 29.9 Å². The molecule has 0 spiro atoms. The Kier molecular flexibility index (Phi) is 16.8. The molecule has 0 bridgehead atoms. The lowest BCUT2D eigenvalue weighted by atomic mass is 10.1. The molecule has 20 rings (SSSR count). The minimum absolute atomic E-state index is 0.607. The van der Waals surface area contributed by atoms with Crippen LogP contribution in [0.3, 0.4) is 0 Å². The van der Waals surface area contributed by atoms with Gasteiger partial charge in [-0.15, -0.1) is 0 Å². The second-order valence-electron chi connectivity index (χ2n) is 25.6. The molecule has 6 aromatic heterocycles. The van der Waals surface area contributed by atoms with E-state index in [1.807, 2.05) is 146 Å². The molecule has 11 heteroatoms. The summed E-state index contributed by atoms with van der Waals surface area (Å²) in [6.45, 7) is 0. The van der Waals surface area contributed by atoms with Gasteiger partial charge in [0.25, 0.3) is 0 Å². The van der Waals surface area contributed by atoms with Crippen molar-refractivity contribution in [2.75, 3.05) is 0 Å². The van der Waals surface area contributed by atoms with Gasteiger partial charge in [0.05, 0.1) is 39.0 Å². The summed E-state index contributed by atoms with van der Waals surface area (Å²) in [5.41, 5.74) is 20.6. The van der Waals surface area contributed by atoms with Gasteiger partial charge in [-0.05, 0) is 83.9 Å². The summed E-state index contributed by atoms with van der Waals surface area (Å²) < 4.78 is 7.20. The van der Waals surface area contributed by atoms with E-state index in [0.717, 1.165) is 67.0 Å². The molecule has 6 heterocycles. The number of hydrogen-bond acceptors (Lipinski definition) is 6. The first-order chi connectivity index (χ1) is 52.0. The van der Waals surface area contributed by atoms with Gasteiger partial charge in [0, 0.05) is 93.3 Å². The first-order valence-electron chi connectivity index (χ1n) is 34.9. The molecule has 0 atom stereocenters. The van der Waals surface area contributed by atoms with Crippen molar-refractivity contribution < 1.29 is 0 Å². The summed E-state index contributed by atoms with van der Waals surface area (Å²) in [7, 11) is 0. The Balaban J connectivity index is 0.000000124. The number of aromatic amines is 1. The number of hydrogen-bond donors (Lipinski definition) is 1. The maximum atomic E-state index is 6.14. The van der Waals surface area contributed by atoms with Crippen LogP contribution in [0.5, 0.6) is 0 Å². The third kappa shape index (κ3) is 12.3. The molecule has 14 aromatic carbocycles. The van der Waals surface area contributed by atoms with Gasteiger partial charge in [0.2, 0.25) is 0 Å². The van der Waals surface area contributed by atoms with Crippen molar-refractivity contribution in [3.05, 3.63) is 381 Å². The fourth-order valence-electron chi connectivity index (χ4n) is 14.2. The summed E-state index contributed by atoms with van der Waals surface area (Å²) in [5, 5.41) is 7.99. The van der Waals surface area contributed by atoms with E-state index < -0.39 is 0 Å². The predicted molar refractivity (Wildman–Crippen MR) is 432 cm³/mol. The molecular weight excluding hydrogens is 1300 g/mol. The average molecular weight is 1370 g/mol. The Morgan fingerprint density at radius 3 is 1.06 bits per heavy atom. The van der Waals surface area contributed by atoms with Gasteiger partial charge in [0.1, 0.15) is 0 Å². The summed E-state index contributed by atoms with van der Waals surface area (Å²) in [5.74, 6) is 3.80. The summed E-state index contributed by atoms with van der Waals surface area (Å²) in [6, 6.07) is 130. The highest BCUT2D eigenvalue weighted by Crippen LogP contribution is 2.43. The number of aromatic nitrogens is 10. The van der Waals surface area contributed by atoms with E-state index in [4.69, 9.17) is 26.6 Å². The van der Waals surface area contributed by atoms with Crippen LogP contribution in [0.2, 0.25) is 5.02 Å². The van der Waals surface area contributed by atoms with Gasteiger partial charge in [-0.2, -0.15) is 0 Å². The van der Waals surface area contributed by atoms with E-state index >= 15 is 0 Å². The van der Waals surface area contributed by atoms with Crippen molar-refractivity contribution in [1.29, 1.82) is 0 Å².